The molecule has 1 fully saturated rings. The van der Waals surface area contributed by atoms with E-state index < -0.39 is 16.9 Å². The average molecular weight is 391 g/mol. The van der Waals surface area contributed by atoms with Gasteiger partial charge in [-0.3, -0.25) is 10.1 Å². The standard InChI is InChI=1S/C18H21N3O7/c1-26-17(22)13-10-28-11-20(16(13)18(23)27-2)15-9-12(19-7-3-4-8-19)5-6-14(15)21(24)25/h5-6,9H,3-4,7-8,10-11H2,1-2H3. The van der Waals surface area contributed by atoms with Crippen LogP contribution in [0.1, 0.15) is 12.8 Å². The molecule has 10 nitrogen and oxygen atoms in total. The molecule has 2 aliphatic heterocycles. The summed E-state index contributed by atoms with van der Waals surface area (Å²) in [6.45, 7) is 1.39. The van der Waals surface area contributed by atoms with E-state index in [1.54, 1.807) is 12.1 Å². The Labute approximate surface area is 161 Å². The number of hydrogen-bond acceptors (Lipinski definition) is 9. The summed E-state index contributed by atoms with van der Waals surface area (Å²) >= 11 is 0. The van der Waals surface area contributed by atoms with Gasteiger partial charge in [-0.1, -0.05) is 0 Å². The van der Waals surface area contributed by atoms with Crippen LogP contribution >= 0.6 is 0 Å². The predicted octanol–water partition coefficient (Wildman–Crippen LogP) is 1.59. The van der Waals surface area contributed by atoms with Crippen molar-refractivity contribution in [3.63, 3.8) is 0 Å². The summed E-state index contributed by atoms with van der Waals surface area (Å²) in [6.07, 6.45) is 2.08. The van der Waals surface area contributed by atoms with Crippen molar-refractivity contribution < 1.29 is 28.7 Å². The maximum Gasteiger partial charge on any atom is 0.355 e. The first-order valence-electron chi connectivity index (χ1n) is 8.76. The van der Waals surface area contributed by atoms with E-state index in [1.807, 2.05) is 0 Å². The lowest BCUT2D eigenvalue weighted by atomic mass is 10.1. The Hall–Kier alpha value is -3.14. The first-order valence-corrected chi connectivity index (χ1v) is 8.76. The fourth-order valence-electron chi connectivity index (χ4n) is 3.39. The Kier molecular flexibility index (Phi) is 5.78. The highest BCUT2D eigenvalue weighted by atomic mass is 16.6. The van der Waals surface area contributed by atoms with Gasteiger partial charge in [-0.15, -0.1) is 0 Å². The second-order valence-corrected chi connectivity index (χ2v) is 6.34. The molecule has 0 unspecified atom stereocenters. The Morgan fingerprint density at radius 3 is 2.43 bits per heavy atom. The van der Waals surface area contributed by atoms with Crippen LogP contribution in [0.5, 0.6) is 0 Å². The maximum atomic E-state index is 12.4. The normalized spacial score (nSPS) is 16.9. The van der Waals surface area contributed by atoms with Crippen molar-refractivity contribution >= 4 is 29.0 Å². The van der Waals surface area contributed by atoms with Gasteiger partial charge in [0.25, 0.3) is 5.69 Å². The number of nitro benzene ring substituents is 1. The maximum absolute atomic E-state index is 12.4. The molecule has 0 aliphatic carbocycles. The van der Waals surface area contributed by atoms with Gasteiger partial charge in [0.2, 0.25) is 0 Å². The predicted molar refractivity (Wildman–Crippen MR) is 98.9 cm³/mol. The molecule has 150 valence electrons. The fourth-order valence-corrected chi connectivity index (χ4v) is 3.39. The molecular weight excluding hydrogens is 370 g/mol. The molecule has 0 N–H and O–H groups in total. The zero-order chi connectivity index (χ0) is 20.3. The largest absolute Gasteiger partial charge is 0.466 e. The number of nitrogens with zero attached hydrogens (tertiary/aromatic N) is 3. The third kappa shape index (κ3) is 3.63. The summed E-state index contributed by atoms with van der Waals surface area (Å²) in [5.74, 6) is -1.56. The van der Waals surface area contributed by atoms with E-state index in [4.69, 9.17) is 14.2 Å². The number of hydrogen-bond donors (Lipinski definition) is 0. The van der Waals surface area contributed by atoms with E-state index >= 15 is 0 Å². The van der Waals surface area contributed by atoms with Crippen molar-refractivity contribution in [3.05, 3.63) is 39.6 Å². The number of carbonyl (C=O) groups is 2. The highest BCUT2D eigenvalue weighted by Crippen LogP contribution is 2.37. The molecule has 0 bridgehead atoms. The van der Waals surface area contributed by atoms with Gasteiger partial charge < -0.3 is 24.0 Å². The average Bonchev–Trinajstić information content (AvgIpc) is 3.26. The number of benzene rings is 1. The number of methoxy groups -OCH3 is 2. The van der Waals surface area contributed by atoms with Gasteiger partial charge in [0.05, 0.1) is 31.3 Å². The minimum Gasteiger partial charge on any atom is -0.466 e. The number of esters is 2. The summed E-state index contributed by atoms with van der Waals surface area (Å²) in [5.41, 5.74) is 0.561. The summed E-state index contributed by atoms with van der Waals surface area (Å²) < 4.78 is 15.0. The van der Waals surface area contributed by atoms with E-state index in [2.05, 4.69) is 4.90 Å². The van der Waals surface area contributed by atoms with E-state index in [0.717, 1.165) is 31.6 Å². The lowest BCUT2D eigenvalue weighted by Crippen LogP contribution is -2.39. The molecule has 0 saturated carbocycles. The van der Waals surface area contributed by atoms with Crippen LogP contribution in [0.4, 0.5) is 17.1 Å². The molecule has 2 heterocycles. The molecular formula is C18H21N3O7. The lowest BCUT2D eigenvalue weighted by molar-refractivity contribution is -0.384. The highest BCUT2D eigenvalue weighted by Gasteiger charge is 2.35. The summed E-state index contributed by atoms with van der Waals surface area (Å²) in [7, 11) is 2.35. The molecule has 1 saturated heterocycles. The summed E-state index contributed by atoms with van der Waals surface area (Å²) in [5, 5.41) is 11.6. The second kappa shape index (κ2) is 8.26. The topological polar surface area (TPSA) is 111 Å². The minimum absolute atomic E-state index is 0.0542. The van der Waals surface area contributed by atoms with Crippen LogP contribution in [0.25, 0.3) is 0 Å². The number of rotatable bonds is 5. The first-order chi connectivity index (χ1) is 13.5. The molecule has 1 aromatic carbocycles. The molecule has 0 atom stereocenters. The van der Waals surface area contributed by atoms with Gasteiger partial charge in [-0.25, -0.2) is 9.59 Å². The molecule has 0 amide bonds. The highest BCUT2D eigenvalue weighted by molar-refractivity contribution is 6.04. The molecule has 3 rings (SSSR count). The van der Waals surface area contributed by atoms with E-state index in [9.17, 15) is 19.7 Å². The third-order valence-corrected chi connectivity index (χ3v) is 4.75. The molecule has 0 aromatic heterocycles. The van der Waals surface area contributed by atoms with Gasteiger partial charge >= 0.3 is 11.9 Å². The van der Waals surface area contributed by atoms with Gasteiger partial charge in [-0.05, 0) is 25.0 Å². The Morgan fingerprint density at radius 1 is 1.14 bits per heavy atom. The Balaban J connectivity index is 2.15. The fraction of sp³-hybridized carbons (Fsp3) is 0.444. The molecule has 28 heavy (non-hydrogen) atoms. The first kappa shape index (κ1) is 19.6. The monoisotopic (exact) mass is 391 g/mol. The van der Waals surface area contributed by atoms with Gasteiger partial charge in [0.15, 0.2) is 0 Å². The van der Waals surface area contributed by atoms with Crippen molar-refractivity contribution in [2.75, 3.05) is 50.4 Å². The zero-order valence-electron chi connectivity index (χ0n) is 15.7. The van der Waals surface area contributed by atoms with Gasteiger partial charge in [0.1, 0.15) is 18.1 Å². The van der Waals surface area contributed by atoms with Crippen molar-refractivity contribution in [3.8, 4) is 0 Å². The summed E-state index contributed by atoms with van der Waals surface area (Å²) in [4.78, 5) is 39.1. The van der Waals surface area contributed by atoms with E-state index in [0.29, 0.717) is 0 Å². The van der Waals surface area contributed by atoms with Crippen LogP contribution in [-0.4, -0.2) is 57.5 Å². The van der Waals surface area contributed by atoms with Crippen LogP contribution in [0.2, 0.25) is 0 Å². The smallest absolute Gasteiger partial charge is 0.355 e. The van der Waals surface area contributed by atoms with Crippen molar-refractivity contribution in [2.45, 2.75) is 12.8 Å². The van der Waals surface area contributed by atoms with Crippen LogP contribution < -0.4 is 9.80 Å². The molecule has 2 aliphatic rings. The number of carbonyl (C=O) groups excluding carboxylic acids is 2. The van der Waals surface area contributed by atoms with Crippen molar-refractivity contribution in [2.24, 2.45) is 0 Å². The number of nitro groups is 1. The van der Waals surface area contributed by atoms with E-state index in [-0.39, 0.29) is 36.0 Å². The summed E-state index contributed by atoms with van der Waals surface area (Å²) in [6, 6.07) is 4.71. The SMILES string of the molecule is COC(=O)C1=C(C(=O)OC)N(c2cc(N3CCCC3)ccc2[N+](=O)[O-])COC1. The molecule has 0 radical (unpaired) electrons. The van der Waals surface area contributed by atoms with Crippen LogP contribution in [0, 0.1) is 10.1 Å². The van der Waals surface area contributed by atoms with Gasteiger partial charge in [0, 0.05) is 24.8 Å². The molecule has 1 aromatic rings. The van der Waals surface area contributed by atoms with Crippen LogP contribution in [-0.2, 0) is 23.8 Å². The Morgan fingerprint density at radius 2 is 1.82 bits per heavy atom. The van der Waals surface area contributed by atoms with Gasteiger partial charge in [-0.2, -0.15) is 0 Å². The second-order valence-electron chi connectivity index (χ2n) is 6.34. The van der Waals surface area contributed by atoms with Crippen molar-refractivity contribution in [1.29, 1.82) is 0 Å². The van der Waals surface area contributed by atoms with Crippen molar-refractivity contribution in [1.82, 2.24) is 0 Å². The number of anilines is 2. The zero-order valence-corrected chi connectivity index (χ0v) is 15.7. The third-order valence-electron chi connectivity index (χ3n) is 4.75. The van der Waals surface area contributed by atoms with Crippen LogP contribution in [0.3, 0.4) is 0 Å². The number of ether oxygens (including phenoxy) is 3. The lowest BCUT2D eigenvalue weighted by Gasteiger charge is -2.31. The van der Waals surface area contributed by atoms with E-state index in [1.165, 1.54) is 25.2 Å². The molecule has 0 spiro atoms. The minimum atomic E-state index is -0.801. The van der Waals surface area contributed by atoms with Crippen LogP contribution in [0.15, 0.2) is 29.5 Å². The quantitative estimate of drug-likeness (QED) is 0.419. The Bertz CT molecular complexity index is 830. The molecule has 10 heteroatoms.